The maximum absolute atomic E-state index is 12.5. The normalized spacial score (nSPS) is 11.4. The lowest BCUT2D eigenvalue weighted by atomic mass is 10.2. The quantitative estimate of drug-likeness (QED) is 0.434. The lowest BCUT2D eigenvalue weighted by molar-refractivity contribution is 0.454. The monoisotopic (exact) mass is 469 g/mol. The molecule has 0 radical (unpaired) electrons. The number of sulfonamides is 1. The number of hydrogen-bond acceptors (Lipinski definition) is 6. The van der Waals surface area contributed by atoms with E-state index >= 15 is 0 Å². The zero-order chi connectivity index (χ0) is 22.9. The van der Waals surface area contributed by atoms with Gasteiger partial charge >= 0.3 is 0 Å². The Kier molecular flexibility index (Phi) is 5.86. The first kappa shape index (κ1) is 21.8. The highest BCUT2D eigenvalue weighted by atomic mass is 35.5. The van der Waals surface area contributed by atoms with Crippen molar-refractivity contribution in [2.24, 2.45) is 0 Å². The zero-order valence-electron chi connectivity index (χ0n) is 17.6. The minimum absolute atomic E-state index is 0.0819. The number of hydrogen-bond donors (Lipinski definition) is 1. The van der Waals surface area contributed by atoms with Gasteiger partial charge in [-0.1, -0.05) is 17.7 Å². The average Bonchev–Trinajstić information content (AvgIpc) is 3.03. The molecule has 0 atom stereocenters. The Morgan fingerprint density at radius 2 is 1.72 bits per heavy atom. The molecule has 32 heavy (non-hydrogen) atoms. The van der Waals surface area contributed by atoms with Crippen molar-refractivity contribution in [3.63, 3.8) is 0 Å². The predicted octanol–water partition coefficient (Wildman–Crippen LogP) is 4.83. The Bertz CT molecular complexity index is 1370. The molecular formula is C22H20ClN5O3S. The van der Waals surface area contributed by atoms with E-state index in [1.807, 2.05) is 20.8 Å². The number of aromatic nitrogens is 4. The minimum Gasteiger partial charge on any atom is -0.438 e. The first-order chi connectivity index (χ1) is 15.2. The molecule has 164 valence electrons. The van der Waals surface area contributed by atoms with Gasteiger partial charge < -0.3 is 4.74 Å². The molecule has 0 aliphatic heterocycles. The van der Waals surface area contributed by atoms with E-state index in [1.165, 1.54) is 12.1 Å². The first-order valence-corrected chi connectivity index (χ1v) is 11.5. The SMILES string of the molecule is Cc1nn(-c2ccc(Oc3ccc(NS(=O)(=O)c4cccc(Cl)c4)cc3)nn2)c(C)c1C. The molecular weight excluding hydrogens is 450 g/mol. The second-order valence-electron chi connectivity index (χ2n) is 7.13. The summed E-state index contributed by atoms with van der Waals surface area (Å²) in [6.45, 7) is 5.93. The number of benzene rings is 2. The van der Waals surface area contributed by atoms with Crippen LogP contribution in [0.1, 0.15) is 17.0 Å². The molecule has 10 heteroatoms. The fraction of sp³-hybridized carbons (Fsp3) is 0.136. The van der Waals surface area contributed by atoms with Crippen molar-refractivity contribution in [3.8, 4) is 17.4 Å². The molecule has 0 spiro atoms. The summed E-state index contributed by atoms with van der Waals surface area (Å²) < 4.78 is 35.0. The van der Waals surface area contributed by atoms with Crippen molar-refractivity contribution in [2.75, 3.05) is 4.72 Å². The molecule has 0 saturated heterocycles. The lowest BCUT2D eigenvalue weighted by Crippen LogP contribution is -2.12. The molecule has 0 aliphatic rings. The predicted molar refractivity (Wildman–Crippen MR) is 122 cm³/mol. The van der Waals surface area contributed by atoms with E-state index in [0.29, 0.717) is 28.2 Å². The van der Waals surface area contributed by atoms with Crippen LogP contribution in [0.5, 0.6) is 11.6 Å². The van der Waals surface area contributed by atoms with Crippen LogP contribution in [0.3, 0.4) is 0 Å². The molecule has 1 N–H and O–H groups in total. The van der Waals surface area contributed by atoms with Gasteiger partial charge in [0.1, 0.15) is 5.75 Å². The topological polar surface area (TPSA) is 99.0 Å². The Morgan fingerprint density at radius 3 is 2.31 bits per heavy atom. The zero-order valence-corrected chi connectivity index (χ0v) is 19.1. The van der Waals surface area contributed by atoms with Crippen molar-refractivity contribution in [1.29, 1.82) is 0 Å². The number of anilines is 1. The van der Waals surface area contributed by atoms with E-state index in [9.17, 15) is 8.42 Å². The summed E-state index contributed by atoms with van der Waals surface area (Å²) in [5.74, 6) is 1.38. The minimum atomic E-state index is -3.75. The standard InChI is InChI=1S/C22H20ClN5O3S/c1-14-15(2)26-28(16(14)3)21-11-12-22(25-24-21)31-19-9-7-18(8-10-19)27-32(29,30)20-6-4-5-17(23)13-20/h4-13,27H,1-3H3. The van der Waals surface area contributed by atoms with Crippen LogP contribution in [0.4, 0.5) is 5.69 Å². The molecule has 0 unspecified atom stereocenters. The summed E-state index contributed by atoms with van der Waals surface area (Å²) in [7, 11) is -3.75. The van der Waals surface area contributed by atoms with Crippen LogP contribution in [0.25, 0.3) is 5.82 Å². The molecule has 2 aromatic heterocycles. The number of aryl methyl sites for hydroxylation is 1. The third-order valence-corrected chi connectivity index (χ3v) is 6.55. The summed E-state index contributed by atoms with van der Waals surface area (Å²) in [5.41, 5.74) is 3.44. The van der Waals surface area contributed by atoms with Crippen molar-refractivity contribution >= 4 is 27.3 Å². The molecule has 0 fully saturated rings. The Hall–Kier alpha value is -3.43. The molecule has 0 amide bonds. The maximum atomic E-state index is 12.5. The van der Waals surface area contributed by atoms with Gasteiger partial charge in [0.05, 0.1) is 10.6 Å². The van der Waals surface area contributed by atoms with Crippen LogP contribution in [-0.2, 0) is 10.0 Å². The molecule has 8 nitrogen and oxygen atoms in total. The maximum Gasteiger partial charge on any atom is 0.261 e. The molecule has 4 aromatic rings. The second kappa shape index (κ2) is 8.60. The van der Waals surface area contributed by atoms with Gasteiger partial charge in [-0.3, -0.25) is 4.72 Å². The molecule has 2 aromatic carbocycles. The van der Waals surface area contributed by atoms with Crippen LogP contribution in [-0.4, -0.2) is 28.4 Å². The first-order valence-electron chi connectivity index (χ1n) is 9.66. The molecule has 0 bridgehead atoms. The van der Waals surface area contributed by atoms with Gasteiger partial charge in [-0.25, -0.2) is 13.1 Å². The van der Waals surface area contributed by atoms with Crippen molar-refractivity contribution in [1.82, 2.24) is 20.0 Å². The fourth-order valence-corrected chi connectivity index (χ4v) is 4.34. The van der Waals surface area contributed by atoms with Crippen LogP contribution < -0.4 is 9.46 Å². The Labute approximate surface area is 190 Å². The molecule has 0 saturated carbocycles. The Morgan fingerprint density at radius 1 is 0.969 bits per heavy atom. The van der Waals surface area contributed by atoms with Gasteiger partial charge in [0, 0.05) is 22.5 Å². The van der Waals surface area contributed by atoms with Crippen molar-refractivity contribution in [3.05, 3.63) is 82.6 Å². The van der Waals surface area contributed by atoms with Gasteiger partial charge in [0.25, 0.3) is 10.0 Å². The third kappa shape index (κ3) is 4.58. The summed E-state index contributed by atoms with van der Waals surface area (Å²) in [6.07, 6.45) is 0. The van der Waals surface area contributed by atoms with E-state index in [1.54, 1.807) is 53.2 Å². The van der Waals surface area contributed by atoms with Crippen LogP contribution in [0.2, 0.25) is 5.02 Å². The van der Waals surface area contributed by atoms with E-state index in [-0.39, 0.29) is 4.90 Å². The Balaban J connectivity index is 1.45. The molecule has 4 rings (SSSR count). The van der Waals surface area contributed by atoms with E-state index < -0.39 is 10.0 Å². The average molecular weight is 470 g/mol. The third-order valence-electron chi connectivity index (χ3n) is 4.93. The van der Waals surface area contributed by atoms with Crippen molar-refractivity contribution < 1.29 is 13.2 Å². The lowest BCUT2D eigenvalue weighted by Gasteiger charge is -2.10. The van der Waals surface area contributed by atoms with Gasteiger partial charge in [-0.2, -0.15) is 5.10 Å². The van der Waals surface area contributed by atoms with Crippen LogP contribution >= 0.6 is 11.6 Å². The number of halogens is 1. The van der Waals surface area contributed by atoms with Gasteiger partial charge in [-0.15, -0.1) is 10.2 Å². The highest BCUT2D eigenvalue weighted by Crippen LogP contribution is 2.24. The smallest absolute Gasteiger partial charge is 0.261 e. The van der Waals surface area contributed by atoms with E-state index in [4.69, 9.17) is 16.3 Å². The highest BCUT2D eigenvalue weighted by molar-refractivity contribution is 7.92. The highest BCUT2D eigenvalue weighted by Gasteiger charge is 2.15. The second-order valence-corrected chi connectivity index (χ2v) is 9.25. The van der Waals surface area contributed by atoms with E-state index in [2.05, 4.69) is 20.0 Å². The van der Waals surface area contributed by atoms with Gasteiger partial charge in [0.2, 0.25) is 5.88 Å². The van der Waals surface area contributed by atoms with Gasteiger partial charge in [-0.05, 0) is 74.9 Å². The summed E-state index contributed by atoms with van der Waals surface area (Å²) in [6, 6.07) is 16.0. The van der Waals surface area contributed by atoms with Crippen LogP contribution in [0, 0.1) is 20.8 Å². The number of nitrogens with one attached hydrogen (secondary N) is 1. The number of ether oxygens (including phenoxy) is 1. The fourth-order valence-electron chi connectivity index (χ4n) is 2.98. The summed E-state index contributed by atoms with van der Waals surface area (Å²) in [5, 5.41) is 13.1. The van der Waals surface area contributed by atoms with E-state index in [0.717, 1.165) is 17.0 Å². The summed E-state index contributed by atoms with van der Waals surface area (Å²) >= 11 is 5.89. The molecule has 0 aliphatic carbocycles. The molecule has 2 heterocycles. The van der Waals surface area contributed by atoms with Crippen LogP contribution in [0.15, 0.2) is 65.6 Å². The number of nitrogens with zero attached hydrogens (tertiary/aromatic N) is 4. The van der Waals surface area contributed by atoms with Crippen molar-refractivity contribution in [2.45, 2.75) is 25.7 Å². The summed E-state index contributed by atoms with van der Waals surface area (Å²) in [4.78, 5) is 0.0819. The van der Waals surface area contributed by atoms with Gasteiger partial charge in [0.15, 0.2) is 5.82 Å². The number of rotatable bonds is 6. The largest absolute Gasteiger partial charge is 0.438 e.